The van der Waals surface area contributed by atoms with Crippen molar-refractivity contribution in [2.24, 2.45) is 0 Å². The molecule has 2 saturated heterocycles. The molecule has 1 aromatic carbocycles. The first-order valence-corrected chi connectivity index (χ1v) is 11.7. The molecule has 0 aliphatic carbocycles. The smallest absolute Gasteiger partial charge is 0.194 e. The molecule has 33 heavy (non-hydrogen) atoms. The van der Waals surface area contributed by atoms with Crippen LogP contribution >= 0.6 is 11.3 Å². The van der Waals surface area contributed by atoms with Crippen molar-refractivity contribution in [2.75, 3.05) is 11.9 Å². The van der Waals surface area contributed by atoms with Gasteiger partial charge in [0.25, 0.3) is 0 Å². The second kappa shape index (κ2) is 8.32. The minimum Gasteiger partial charge on any atom is -0.507 e. The van der Waals surface area contributed by atoms with Crippen LogP contribution in [0.2, 0.25) is 0 Å². The summed E-state index contributed by atoms with van der Waals surface area (Å²) in [5.41, 5.74) is 0.678. The first-order chi connectivity index (χ1) is 15.9. The maximum absolute atomic E-state index is 15.4. The zero-order valence-electron chi connectivity index (χ0n) is 18.4. The number of anilines is 1. The Kier molecular flexibility index (Phi) is 5.46. The van der Waals surface area contributed by atoms with Gasteiger partial charge in [0.2, 0.25) is 0 Å². The van der Waals surface area contributed by atoms with Crippen molar-refractivity contribution in [3.63, 3.8) is 0 Å². The highest BCUT2D eigenvalue weighted by molar-refractivity contribution is 7.15. The largest absolute Gasteiger partial charge is 0.507 e. The van der Waals surface area contributed by atoms with Gasteiger partial charge < -0.3 is 15.3 Å². The first-order valence-electron chi connectivity index (χ1n) is 10.9. The lowest BCUT2D eigenvalue weighted by Crippen LogP contribution is -2.68. The number of phenols is 1. The number of alkyl halides is 1. The standard InChI is InChI=1S/C23H24FN7OS/c1-23-7-3-4-14(28-23)9-16(21(23)24)31(2)19-12-27-22(30-29-19)15-6-5-13(8-17(15)32)18-11-26-20(10-25)33-18/h5-6,8,11-12,14,16,21,28,32H,3-4,7,9H2,1-2H3/t14-,16-,21-,23+/m0/s1. The van der Waals surface area contributed by atoms with E-state index in [4.69, 9.17) is 5.26 Å². The molecule has 2 bridgehead atoms. The second-order valence-corrected chi connectivity index (χ2v) is 10.0. The number of thiazole rings is 1. The molecule has 4 heterocycles. The molecule has 0 saturated carbocycles. The normalized spacial score (nSPS) is 26.5. The maximum Gasteiger partial charge on any atom is 0.194 e. The Balaban J connectivity index is 1.36. The molecule has 8 nitrogen and oxygen atoms in total. The van der Waals surface area contributed by atoms with Gasteiger partial charge in [-0.3, -0.25) is 0 Å². The van der Waals surface area contributed by atoms with E-state index in [9.17, 15) is 5.11 Å². The van der Waals surface area contributed by atoms with Crippen LogP contribution in [0.3, 0.4) is 0 Å². The van der Waals surface area contributed by atoms with Gasteiger partial charge in [0.15, 0.2) is 16.6 Å². The van der Waals surface area contributed by atoms with E-state index in [1.165, 1.54) is 11.3 Å². The molecule has 3 aromatic rings. The number of fused-ring (bicyclic) bond motifs is 2. The van der Waals surface area contributed by atoms with E-state index in [2.05, 4.69) is 25.5 Å². The van der Waals surface area contributed by atoms with Gasteiger partial charge in [0, 0.05) is 24.8 Å². The third-order valence-electron chi connectivity index (χ3n) is 6.79. The minimum atomic E-state index is -1.02. The van der Waals surface area contributed by atoms with Gasteiger partial charge in [0.1, 0.15) is 18.0 Å². The Morgan fingerprint density at radius 1 is 1.30 bits per heavy atom. The number of hydrogen-bond donors (Lipinski definition) is 2. The predicted molar refractivity (Wildman–Crippen MR) is 124 cm³/mol. The van der Waals surface area contributed by atoms with E-state index in [0.29, 0.717) is 28.9 Å². The lowest BCUT2D eigenvalue weighted by Gasteiger charge is -2.52. The molecule has 2 N–H and O–H groups in total. The van der Waals surface area contributed by atoms with Crippen molar-refractivity contribution in [1.29, 1.82) is 5.26 Å². The topological polar surface area (TPSA) is 111 Å². The Labute approximate surface area is 195 Å². The van der Waals surface area contributed by atoms with E-state index >= 15 is 4.39 Å². The van der Waals surface area contributed by atoms with Crippen LogP contribution in [0.15, 0.2) is 30.6 Å². The van der Waals surface area contributed by atoms with Crippen molar-refractivity contribution < 1.29 is 9.50 Å². The molecule has 0 amide bonds. The number of phenolic OH excluding ortho intramolecular Hbond substituents is 1. The van der Waals surface area contributed by atoms with Gasteiger partial charge in [-0.2, -0.15) is 5.26 Å². The van der Waals surface area contributed by atoms with Crippen molar-refractivity contribution >= 4 is 17.2 Å². The third-order valence-corrected chi connectivity index (χ3v) is 7.74. The number of piperidine rings is 2. The van der Waals surface area contributed by atoms with Gasteiger partial charge in [-0.05, 0) is 50.3 Å². The summed E-state index contributed by atoms with van der Waals surface area (Å²) >= 11 is 1.25. The molecule has 2 aliphatic rings. The van der Waals surface area contributed by atoms with Crippen LogP contribution in [-0.2, 0) is 0 Å². The van der Waals surface area contributed by atoms with E-state index in [1.807, 2.05) is 31.0 Å². The van der Waals surface area contributed by atoms with Crippen LogP contribution in [0.4, 0.5) is 10.2 Å². The summed E-state index contributed by atoms with van der Waals surface area (Å²) in [6.07, 6.45) is 5.80. The lowest BCUT2D eigenvalue weighted by atomic mass is 9.73. The third kappa shape index (κ3) is 3.92. The number of nitriles is 1. The van der Waals surface area contributed by atoms with Gasteiger partial charge in [-0.15, -0.1) is 21.5 Å². The summed E-state index contributed by atoms with van der Waals surface area (Å²) in [7, 11) is 1.84. The van der Waals surface area contributed by atoms with Crippen molar-refractivity contribution in [3.05, 3.63) is 35.6 Å². The maximum atomic E-state index is 15.4. The number of nitrogens with zero attached hydrogens (tertiary/aromatic N) is 6. The van der Waals surface area contributed by atoms with Crippen LogP contribution in [0.1, 0.15) is 37.6 Å². The highest BCUT2D eigenvalue weighted by Crippen LogP contribution is 2.39. The fraction of sp³-hybridized carbons (Fsp3) is 0.435. The number of halogens is 1. The summed E-state index contributed by atoms with van der Waals surface area (Å²) in [5.74, 6) is 0.786. The fourth-order valence-corrected chi connectivity index (χ4v) is 5.68. The van der Waals surface area contributed by atoms with Crippen LogP contribution in [0.5, 0.6) is 5.75 Å². The Morgan fingerprint density at radius 2 is 2.15 bits per heavy atom. The number of hydrogen-bond acceptors (Lipinski definition) is 9. The van der Waals surface area contributed by atoms with E-state index in [-0.39, 0.29) is 17.6 Å². The zero-order valence-corrected chi connectivity index (χ0v) is 19.2. The SMILES string of the molecule is CN(c1cnc(-c2ccc(-c3cnc(C#N)s3)cc2O)nn1)[C@H]1C[C@@H]2CCC[C@@](C)(N2)[C@H]1F. The predicted octanol–water partition coefficient (Wildman–Crippen LogP) is 3.69. The molecule has 0 unspecified atom stereocenters. The highest BCUT2D eigenvalue weighted by atomic mass is 32.1. The molecule has 4 atom stereocenters. The minimum absolute atomic E-state index is 0.00485. The first kappa shape index (κ1) is 21.7. The number of aromatic nitrogens is 4. The summed E-state index contributed by atoms with van der Waals surface area (Å²) in [6.45, 7) is 1.97. The van der Waals surface area contributed by atoms with Gasteiger partial charge >= 0.3 is 0 Å². The van der Waals surface area contributed by atoms with Crippen molar-refractivity contribution in [1.82, 2.24) is 25.5 Å². The highest BCUT2D eigenvalue weighted by Gasteiger charge is 2.49. The summed E-state index contributed by atoms with van der Waals surface area (Å²) < 4.78 is 15.4. The summed E-state index contributed by atoms with van der Waals surface area (Å²) in [5, 5.41) is 31.8. The molecule has 0 radical (unpaired) electrons. The van der Waals surface area contributed by atoms with Crippen molar-refractivity contribution in [2.45, 2.75) is 56.4 Å². The second-order valence-electron chi connectivity index (χ2n) is 8.98. The average molecular weight is 466 g/mol. The molecular formula is C23H24FN7OS. The monoisotopic (exact) mass is 465 g/mol. The fourth-order valence-electron chi connectivity index (χ4n) is 4.97. The molecule has 0 spiro atoms. The molecule has 170 valence electrons. The van der Waals surface area contributed by atoms with E-state index in [0.717, 1.165) is 29.7 Å². The molecule has 10 heteroatoms. The van der Waals surface area contributed by atoms with Crippen LogP contribution in [0.25, 0.3) is 21.8 Å². The number of rotatable bonds is 4. The number of nitrogens with one attached hydrogen (secondary N) is 1. The molecular weight excluding hydrogens is 441 g/mol. The van der Waals surface area contributed by atoms with Crippen molar-refractivity contribution in [3.8, 4) is 33.6 Å². The molecule has 2 aromatic heterocycles. The van der Waals surface area contributed by atoms with Crippen LogP contribution in [-0.4, -0.2) is 56.1 Å². The molecule has 5 rings (SSSR count). The molecule has 2 aliphatic heterocycles. The number of benzene rings is 1. The Morgan fingerprint density at radius 3 is 2.85 bits per heavy atom. The number of aromatic hydroxyl groups is 1. The van der Waals surface area contributed by atoms with Crippen LogP contribution in [0, 0.1) is 11.3 Å². The van der Waals surface area contributed by atoms with E-state index in [1.54, 1.807) is 24.5 Å². The van der Waals surface area contributed by atoms with Gasteiger partial charge in [0.05, 0.1) is 22.7 Å². The van der Waals surface area contributed by atoms with Crippen LogP contribution < -0.4 is 10.2 Å². The quantitative estimate of drug-likeness (QED) is 0.600. The Bertz CT molecular complexity index is 1210. The summed E-state index contributed by atoms with van der Waals surface area (Å²) in [4.78, 5) is 11.0. The van der Waals surface area contributed by atoms with E-state index < -0.39 is 11.7 Å². The average Bonchev–Trinajstić information content (AvgIpc) is 3.31. The zero-order chi connectivity index (χ0) is 23.2. The van der Waals surface area contributed by atoms with Gasteiger partial charge in [-0.25, -0.2) is 14.4 Å². The summed E-state index contributed by atoms with van der Waals surface area (Å²) in [6, 6.07) is 7.14. The Hall–Kier alpha value is -3.16. The molecule has 2 fully saturated rings. The lowest BCUT2D eigenvalue weighted by molar-refractivity contribution is 0.0405. The van der Waals surface area contributed by atoms with Gasteiger partial charge in [-0.1, -0.05) is 6.07 Å².